The van der Waals surface area contributed by atoms with Crippen LogP contribution in [0, 0.1) is 5.92 Å². The molecule has 0 bridgehead atoms. The first-order valence-corrected chi connectivity index (χ1v) is 8.00. The van der Waals surface area contributed by atoms with Crippen molar-refractivity contribution in [3.8, 4) is 0 Å². The molecule has 1 amide bonds. The van der Waals surface area contributed by atoms with Gasteiger partial charge in [0.1, 0.15) is 0 Å². The molecule has 1 aromatic carbocycles. The van der Waals surface area contributed by atoms with Crippen LogP contribution in [0.4, 0.5) is 0 Å². The predicted octanol–water partition coefficient (Wildman–Crippen LogP) is 3.14. The second-order valence-electron chi connectivity index (χ2n) is 4.28. The van der Waals surface area contributed by atoms with Crippen molar-refractivity contribution in [1.29, 1.82) is 0 Å². The zero-order valence-electron chi connectivity index (χ0n) is 10.8. The molecular formula is C13H17Cl2NO2S. The summed E-state index contributed by atoms with van der Waals surface area (Å²) in [5.41, 5.74) is 0.559. The number of aliphatic hydroxyl groups excluding tert-OH is 1. The smallest absolute Gasteiger partial charge is 0.223 e. The lowest BCUT2D eigenvalue weighted by atomic mass is 10.1. The molecule has 19 heavy (non-hydrogen) atoms. The van der Waals surface area contributed by atoms with Crippen molar-refractivity contribution in [1.82, 2.24) is 5.32 Å². The number of carbonyl (C=O) groups excluding carboxylic acids is 1. The summed E-state index contributed by atoms with van der Waals surface area (Å²) >= 11 is 13.4. The first-order valence-electron chi connectivity index (χ1n) is 5.85. The number of benzene rings is 1. The van der Waals surface area contributed by atoms with Crippen LogP contribution in [0.15, 0.2) is 18.2 Å². The molecule has 2 N–H and O–H groups in total. The summed E-state index contributed by atoms with van der Waals surface area (Å²) in [6.45, 7) is 1.99. The van der Waals surface area contributed by atoms with E-state index in [2.05, 4.69) is 5.32 Å². The molecule has 0 spiro atoms. The van der Waals surface area contributed by atoms with Crippen molar-refractivity contribution in [2.45, 2.75) is 13.0 Å². The lowest BCUT2D eigenvalue weighted by Crippen LogP contribution is -2.33. The molecule has 0 aliphatic rings. The van der Waals surface area contributed by atoms with E-state index in [4.69, 9.17) is 23.2 Å². The second-order valence-corrected chi connectivity index (χ2v) is 6.04. The van der Waals surface area contributed by atoms with Gasteiger partial charge in [0.05, 0.1) is 6.10 Å². The van der Waals surface area contributed by atoms with Gasteiger partial charge in [0.2, 0.25) is 5.91 Å². The van der Waals surface area contributed by atoms with Gasteiger partial charge < -0.3 is 10.4 Å². The molecule has 0 heterocycles. The average Bonchev–Trinajstić information content (AvgIpc) is 2.35. The maximum Gasteiger partial charge on any atom is 0.223 e. The van der Waals surface area contributed by atoms with Gasteiger partial charge in [-0.1, -0.05) is 36.2 Å². The molecule has 2 unspecified atom stereocenters. The quantitative estimate of drug-likeness (QED) is 0.846. The zero-order chi connectivity index (χ0) is 14.4. The fourth-order valence-corrected chi connectivity index (χ4v) is 2.76. The molecule has 0 aliphatic carbocycles. The van der Waals surface area contributed by atoms with Crippen LogP contribution in [0.25, 0.3) is 0 Å². The molecule has 3 nitrogen and oxygen atoms in total. The van der Waals surface area contributed by atoms with E-state index in [9.17, 15) is 9.90 Å². The van der Waals surface area contributed by atoms with Gasteiger partial charge in [-0.05, 0) is 18.4 Å². The van der Waals surface area contributed by atoms with Crippen LogP contribution < -0.4 is 5.32 Å². The lowest BCUT2D eigenvalue weighted by Gasteiger charge is -2.16. The summed E-state index contributed by atoms with van der Waals surface area (Å²) in [4.78, 5) is 11.7. The van der Waals surface area contributed by atoms with Gasteiger partial charge in [-0.25, -0.2) is 0 Å². The van der Waals surface area contributed by atoms with E-state index in [1.165, 1.54) is 0 Å². The average molecular weight is 322 g/mol. The van der Waals surface area contributed by atoms with Crippen molar-refractivity contribution in [2.75, 3.05) is 18.6 Å². The minimum atomic E-state index is -0.838. The monoisotopic (exact) mass is 321 g/mol. The van der Waals surface area contributed by atoms with Crippen molar-refractivity contribution in [3.63, 3.8) is 0 Å². The highest BCUT2D eigenvalue weighted by molar-refractivity contribution is 7.98. The standard InChI is InChI=1S/C13H17Cl2NO2S/c1-8(7-19-2)13(18)16-6-12(17)10-4-3-9(14)5-11(10)15/h3-5,8,12,17H,6-7H2,1-2H3,(H,16,18). The Morgan fingerprint density at radius 1 is 1.47 bits per heavy atom. The van der Waals surface area contributed by atoms with E-state index in [-0.39, 0.29) is 18.4 Å². The molecule has 0 saturated carbocycles. The van der Waals surface area contributed by atoms with Crippen LogP contribution >= 0.6 is 35.0 Å². The van der Waals surface area contributed by atoms with E-state index in [0.29, 0.717) is 15.6 Å². The van der Waals surface area contributed by atoms with Gasteiger partial charge in [-0.3, -0.25) is 4.79 Å². The number of thioether (sulfide) groups is 1. The third-order valence-electron chi connectivity index (χ3n) is 2.66. The maximum absolute atomic E-state index is 11.7. The summed E-state index contributed by atoms with van der Waals surface area (Å²) in [5.74, 6) is 0.602. The Balaban J connectivity index is 2.55. The third kappa shape index (κ3) is 5.22. The van der Waals surface area contributed by atoms with Crippen LogP contribution in [0.5, 0.6) is 0 Å². The lowest BCUT2D eigenvalue weighted by molar-refractivity contribution is -0.124. The molecular weight excluding hydrogens is 305 g/mol. The summed E-state index contributed by atoms with van der Waals surface area (Å²) in [6.07, 6.45) is 1.11. The molecule has 0 fully saturated rings. The molecule has 1 rings (SSSR count). The summed E-state index contributed by atoms with van der Waals surface area (Å²) in [7, 11) is 0. The summed E-state index contributed by atoms with van der Waals surface area (Å²) in [6, 6.07) is 4.89. The first kappa shape index (κ1) is 16.6. The van der Waals surface area contributed by atoms with Gasteiger partial charge in [-0.15, -0.1) is 0 Å². The van der Waals surface area contributed by atoms with Gasteiger partial charge in [0.15, 0.2) is 0 Å². The van der Waals surface area contributed by atoms with E-state index in [1.807, 2.05) is 13.2 Å². The number of nitrogens with one attached hydrogen (secondary N) is 1. The Bertz CT molecular complexity index is 443. The van der Waals surface area contributed by atoms with Crippen LogP contribution in [0.2, 0.25) is 10.0 Å². The molecule has 6 heteroatoms. The van der Waals surface area contributed by atoms with Crippen LogP contribution in [-0.2, 0) is 4.79 Å². The fraction of sp³-hybridized carbons (Fsp3) is 0.462. The third-order valence-corrected chi connectivity index (χ3v) is 4.05. The first-order chi connectivity index (χ1) is 8.95. The Morgan fingerprint density at radius 2 is 2.16 bits per heavy atom. The number of hydrogen-bond acceptors (Lipinski definition) is 3. The molecule has 1 aromatic rings. The Kier molecular flexibility index (Phi) is 7.00. The minimum Gasteiger partial charge on any atom is -0.387 e. The number of halogens is 2. The summed E-state index contributed by atoms with van der Waals surface area (Å²) < 4.78 is 0. The van der Waals surface area contributed by atoms with Crippen molar-refractivity contribution < 1.29 is 9.90 Å². The Labute approximate surface area is 127 Å². The second kappa shape index (κ2) is 8.00. The van der Waals surface area contributed by atoms with Crippen molar-refractivity contribution >= 4 is 40.9 Å². The SMILES string of the molecule is CSCC(C)C(=O)NCC(O)c1ccc(Cl)cc1Cl. The number of hydrogen-bond donors (Lipinski definition) is 2. The van der Waals surface area contributed by atoms with E-state index in [0.717, 1.165) is 5.75 Å². The van der Waals surface area contributed by atoms with Gasteiger partial charge >= 0.3 is 0 Å². The fourth-order valence-electron chi connectivity index (χ4n) is 1.58. The number of carbonyl (C=O) groups is 1. The Hall–Kier alpha value is -0.420. The molecule has 0 aromatic heterocycles. The molecule has 0 radical (unpaired) electrons. The Morgan fingerprint density at radius 3 is 2.74 bits per heavy atom. The minimum absolute atomic E-state index is 0.0708. The molecule has 2 atom stereocenters. The number of amides is 1. The summed E-state index contributed by atoms with van der Waals surface area (Å²) in [5, 5.41) is 13.6. The highest BCUT2D eigenvalue weighted by Crippen LogP contribution is 2.25. The van der Waals surface area contributed by atoms with Crippen LogP contribution in [-0.4, -0.2) is 29.6 Å². The predicted molar refractivity (Wildman–Crippen MR) is 82.0 cm³/mol. The van der Waals surface area contributed by atoms with Gasteiger partial charge in [0.25, 0.3) is 0 Å². The largest absolute Gasteiger partial charge is 0.387 e. The molecule has 0 aliphatic heterocycles. The maximum atomic E-state index is 11.7. The number of aliphatic hydroxyl groups is 1. The van der Waals surface area contributed by atoms with Crippen LogP contribution in [0.1, 0.15) is 18.6 Å². The normalized spacial score (nSPS) is 13.9. The van der Waals surface area contributed by atoms with E-state index >= 15 is 0 Å². The van der Waals surface area contributed by atoms with E-state index < -0.39 is 6.10 Å². The highest BCUT2D eigenvalue weighted by atomic mass is 35.5. The molecule has 106 valence electrons. The van der Waals surface area contributed by atoms with Crippen LogP contribution in [0.3, 0.4) is 0 Å². The van der Waals surface area contributed by atoms with Crippen molar-refractivity contribution in [3.05, 3.63) is 33.8 Å². The van der Waals surface area contributed by atoms with Gasteiger partial charge in [-0.2, -0.15) is 11.8 Å². The van der Waals surface area contributed by atoms with Gasteiger partial charge in [0, 0.05) is 33.8 Å². The zero-order valence-corrected chi connectivity index (χ0v) is 13.1. The topological polar surface area (TPSA) is 49.3 Å². The highest BCUT2D eigenvalue weighted by Gasteiger charge is 2.16. The molecule has 0 saturated heterocycles. The van der Waals surface area contributed by atoms with Crippen molar-refractivity contribution in [2.24, 2.45) is 5.92 Å². The van der Waals surface area contributed by atoms with E-state index in [1.54, 1.807) is 30.0 Å². The number of rotatable bonds is 6.